The van der Waals surface area contributed by atoms with Gasteiger partial charge in [0.15, 0.2) is 15.6 Å². The number of nitro benzene ring substituents is 1. The Balaban J connectivity index is 2.09. The molecule has 25 heavy (non-hydrogen) atoms. The molecule has 0 atom stereocenters. The Bertz CT molecular complexity index is 992. The summed E-state index contributed by atoms with van der Waals surface area (Å²) >= 11 is 9.09. The second-order valence-corrected chi connectivity index (χ2v) is 8.75. The molecule has 0 radical (unpaired) electrons. The number of ether oxygens (including phenoxy) is 1. The van der Waals surface area contributed by atoms with Gasteiger partial charge in [-0.1, -0.05) is 27.5 Å². The summed E-state index contributed by atoms with van der Waals surface area (Å²) in [4.78, 5) is 10.1. The van der Waals surface area contributed by atoms with Crippen molar-refractivity contribution in [3.63, 3.8) is 0 Å². The zero-order valence-corrected chi connectivity index (χ0v) is 15.7. The largest absolute Gasteiger partial charge is 0.502 e. The van der Waals surface area contributed by atoms with E-state index in [2.05, 4.69) is 15.9 Å². The van der Waals surface area contributed by atoms with Gasteiger partial charge in [-0.15, -0.1) is 0 Å². The van der Waals surface area contributed by atoms with Gasteiger partial charge in [0.05, 0.1) is 17.3 Å². The number of nitrogens with zero attached hydrogens (tertiary/aromatic N) is 1. The minimum atomic E-state index is -3.94. The molecule has 0 unspecified atom stereocenters. The van der Waals surface area contributed by atoms with Crippen LogP contribution in [0.5, 0.6) is 11.5 Å². The van der Waals surface area contributed by atoms with Gasteiger partial charge in [0.1, 0.15) is 10.6 Å². The molecule has 2 aromatic rings. The number of aromatic hydroxyl groups is 1. The molecule has 1 heterocycles. The number of hydrogen-bond acceptors (Lipinski definition) is 6. The average molecular weight is 449 g/mol. The van der Waals surface area contributed by atoms with Crippen LogP contribution in [-0.2, 0) is 22.0 Å². The van der Waals surface area contributed by atoms with E-state index in [9.17, 15) is 23.6 Å². The molecule has 132 valence electrons. The summed E-state index contributed by atoms with van der Waals surface area (Å²) in [6, 6.07) is 5.35. The maximum atomic E-state index is 12.8. The molecule has 1 aliphatic rings. The van der Waals surface area contributed by atoms with E-state index in [-0.39, 0.29) is 21.2 Å². The number of sulfone groups is 1. The van der Waals surface area contributed by atoms with E-state index in [4.69, 9.17) is 16.3 Å². The van der Waals surface area contributed by atoms with E-state index < -0.39 is 32.0 Å². The molecule has 3 rings (SSSR count). The first kappa shape index (κ1) is 18.0. The van der Waals surface area contributed by atoms with Gasteiger partial charge in [-0.25, -0.2) is 8.42 Å². The number of halogens is 2. The van der Waals surface area contributed by atoms with Crippen molar-refractivity contribution in [1.29, 1.82) is 0 Å². The van der Waals surface area contributed by atoms with Crippen LogP contribution in [0.4, 0.5) is 5.69 Å². The molecule has 0 saturated heterocycles. The smallest absolute Gasteiger partial charge is 0.312 e. The zero-order chi connectivity index (χ0) is 18.4. The van der Waals surface area contributed by atoms with E-state index in [1.807, 2.05) is 0 Å². The van der Waals surface area contributed by atoms with Crippen LogP contribution in [0, 0.1) is 10.1 Å². The summed E-state index contributed by atoms with van der Waals surface area (Å²) < 4.78 is 31.7. The van der Waals surface area contributed by atoms with Crippen LogP contribution in [-0.4, -0.2) is 25.1 Å². The minimum absolute atomic E-state index is 0.0311. The summed E-state index contributed by atoms with van der Waals surface area (Å²) in [5, 5.41) is 21.0. The lowest BCUT2D eigenvalue weighted by Gasteiger charge is -2.11. The lowest BCUT2D eigenvalue weighted by atomic mass is 10.2. The van der Waals surface area contributed by atoms with Crippen LogP contribution in [0.3, 0.4) is 0 Å². The SMILES string of the molecule is O=[N+]([O-])c1cc(Cl)cc(CS(=O)(=O)c2cc(Br)cc3c2OCC3)c1O. The van der Waals surface area contributed by atoms with Gasteiger partial charge in [-0.3, -0.25) is 10.1 Å². The zero-order valence-electron chi connectivity index (χ0n) is 12.5. The maximum Gasteiger partial charge on any atom is 0.312 e. The molecule has 0 saturated carbocycles. The number of hydrogen-bond donors (Lipinski definition) is 1. The monoisotopic (exact) mass is 447 g/mol. The number of rotatable bonds is 4. The van der Waals surface area contributed by atoms with Gasteiger partial charge < -0.3 is 9.84 Å². The van der Waals surface area contributed by atoms with Crippen LogP contribution in [0.15, 0.2) is 33.6 Å². The molecule has 0 bridgehead atoms. The normalized spacial score (nSPS) is 13.4. The van der Waals surface area contributed by atoms with E-state index in [0.717, 1.165) is 11.6 Å². The highest BCUT2D eigenvalue weighted by Gasteiger charge is 2.29. The molecule has 0 aliphatic carbocycles. The fraction of sp³-hybridized carbons (Fsp3) is 0.200. The Morgan fingerprint density at radius 1 is 1.32 bits per heavy atom. The first-order valence-corrected chi connectivity index (χ1v) is 9.85. The predicted octanol–water partition coefficient (Wildman–Crippen LogP) is 3.63. The highest BCUT2D eigenvalue weighted by Crippen LogP contribution is 2.39. The Hall–Kier alpha value is -1.84. The Kier molecular flexibility index (Phi) is 4.65. The fourth-order valence-electron chi connectivity index (χ4n) is 2.64. The first-order valence-electron chi connectivity index (χ1n) is 7.03. The predicted molar refractivity (Wildman–Crippen MR) is 94.0 cm³/mol. The van der Waals surface area contributed by atoms with Crippen molar-refractivity contribution in [3.05, 3.63) is 55.0 Å². The van der Waals surface area contributed by atoms with Crippen molar-refractivity contribution >= 4 is 43.1 Å². The van der Waals surface area contributed by atoms with Crippen LogP contribution in [0.1, 0.15) is 11.1 Å². The molecule has 0 aromatic heterocycles. The molecular weight excluding hydrogens is 438 g/mol. The molecule has 0 amide bonds. The van der Waals surface area contributed by atoms with Crippen LogP contribution >= 0.6 is 27.5 Å². The van der Waals surface area contributed by atoms with Crippen LogP contribution in [0.2, 0.25) is 5.02 Å². The number of phenols is 1. The van der Waals surface area contributed by atoms with Gasteiger partial charge in [-0.2, -0.15) is 0 Å². The number of nitro groups is 1. The maximum absolute atomic E-state index is 12.8. The molecule has 10 heteroatoms. The highest BCUT2D eigenvalue weighted by molar-refractivity contribution is 9.10. The van der Waals surface area contributed by atoms with Gasteiger partial charge in [-0.05, 0) is 23.8 Å². The van der Waals surface area contributed by atoms with Gasteiger partial charge in [0, 0.05) is 27.5 Å². The van der Waals surface area contributed by atoms with Crippen molar-refractivity contribution in [2.75, 3.05) is 6.61 Å². The number of benzene rings is 2. The molecule has 1 aliphatic heterocycles. The molecule has 7 nitrogen and oxygen atoms in total. The second-order valence-electron chi connectivity index (χ2n) is 5.44. The van der Waals surface area contributed by atoms with E-state index in [0.29, 0.717) is 17.5 Å². The number of phenolic OH excluding ortho intramolecular Hbond substituents is 1. The minimum Gasteiger partial charge on any atom is -0.502 e. The number of fused-ring (bicyclic) bond motifs is 1. The molecule has 0 spiro atoms. The third-order valence-electron chi connectivity index (χ3n) is 3.73. The molecule has 2 aromatic carbocycles. The van der Waals surface area contributed by atoms with Crippen molar-refractivity contribution in [2.45, 2.75) is 17.1 Å². The third-order valence-corrected chi connectivity index (χ3v) is 6.07. The van der Waals surface area contributed by atoms with Gasteiger partial charge >= 0.3 is 5.69 Å². The van der Waals surface area contributed by atoms with E-state index >= 15 is 0 Å². The van der Waals surface area contributed by atoms with Crippen molar-refractivity contribution in [1.82, 2.24) is 0 Å². The standard InChI is InChI=1S/C15H11BrClNO6S/c16-10-3-8-1-2-24-15(8)13(5-10)25(22,23)7-9-4-11(17)6-12(14(9)19)18(20)21/h3-6,19H,1-2,7H2. The van der Waals surface area contributed by atoms with Crippen molar-refractivity contribution in [3.8, 4) is 11.5 Å². The molecular formula is C15H11BrClNO6S. The highest BCUT2D eigenvalue weighted by atomic mass is 79.9. The lowest BCUT2D eigenvalue weighted by molar-refractivity contribution is -0.385. The average Bonchev–Trinajstić information content (AvgIpc) is 2.97. The van der Waals surface area contributed by atoms with Gasteiger partial charge in [0.2, 0.25) is 0 Å². The summed E-state index contributed by atoms with van der Waals surface area (Å²) in [5.74, 6) is -1.09. The summed E-state index contributed by atoms with van der Waals surface area (Å²) in [6.07, 6.45) is 0.588. The van der Waals surface area contributed by atoms with Crippen LogP contribution < -0.4 is 4.74 Å². The fourth-order valence-corrected chi connectivity index (χ4v) is 5.09. The van der Waals surface area contributed by atoms with E-state index in [1.54, 1.807) is 6.07 Å². The van der Waals surface area contributed by atoms with Gasteiger partial charge in [0.25, 0.3) is 0 Å². The Morgan fingerprint density at radius 3 is 2.72 bits per heavy atom. The molecule has 1 N–H and O–H groups in total. The van der Waals surface area contributed by atoms with Crippen molar-refractivity contribution < 1.29 is 23.2 Å². The quantitative estimate of drug-likeness (QED) is 0.565. The second kappa shape index (κ2) is 6.47. The first-order chi connectivity index (χ1) is 11.7. The van der Waals surface area contributed by atoms with E-state index in [1.165, 1.54) is 12.1 Å². The van der Waals surface area contributed by atoms with Crippen molar-refractivity contribution in [2.24, 2.45) is 0 Å². The third kappa shape index (κ3) is 3.44. The topological polar surface area (TPSA) is 107 Å². The summed E-state index contributed by atoms with van der Waals surface area (Å²) in [6.45, 7) is 0.377. The molecule has 0 fully saturated rings. The Morgan fingerprint density at radius 2 is 2.04 bits per heavy atom. The lowest BCUT2D eigenvalue weighted by Crippen LogP contribution is -2.08. The Labute approximate surface area is 156 Å². The summed E-state index contributed by atoms with van der Waals surface area (Å²) in [5.41, 5.74) is -0.0337. The summed E-state index contributed by atoms with van der Waals surface area (Å²) in [7, 11) is -3.94. The van der Waals surface area contributed by atoms with Crippen LogP contribution in [0.25, 0.3) is 0 Å².